The first-order valence-electron chi connectivity index (χ1n) is 7.38. The van der Waals surface area contributed by atoms with Crippen molar-refractivity contribution in [2.24, 2.45) is 16.6 Å². The number of fused-ring (bicyclic) bond motifs is 2. The fourth-order valence-electron chi connectivity index (χ4n) is 4.22. The van der Waals surface area contributed by atoms with Gasteiger partial charge in [-0.3, -0.25) is 5.73 Å². The van der Waals surface area contributed by atoms with Gasteiger partial charge < -0.3 is 14.2 Å². The van der Waals surface area contributed by atoms with Crippen molar-refractivity contribution in [1.82, 2.24) is 0 Å². The van der Waals surface area contributed by atoms with Crippen LogP contribution in [0.2, 0.25) is 0 Å². The molecule has 1 aliphatic carbocycles. The van der Waals surface area contributed by atoms with Gasteiger partial charge in [0.25, 0.3) is 5.84 Å². The van der Waals surface area contributed by atoms with E-state index in [1.165, 1.54) is 0 Å². The third-order valence-corrected chi connectivity index (χ3v) is 5.69. The number of nitrogens with zero attached hydrogens (tertiary/aromatic N) is 2. The second kappa shape index (κ2) is 4.70. The van der Waals surface area contributed by atoms with E-state index in [0.717, 1.165) is 10.0 Å². The van der Waals surface area contributed by atoms with Crippen LogP contribution in [0.4, 0.5) is 0 Å². The summed E-state index contributed by atoms with van der Waals surface area (Å²) in [6, 6.07) is 10.00. The van der Waals surface area contributed by atoms with Crippen LogP contribution in [0.25, 0.3) is 0 Å². The molecule has 0 amide bonds. The Bertz CT molecular complexity index is 852. The Kier molecular flexibility index (Phi) is 3.02. The number of nitrogens with one attached hydrogen (secondary N) is 1. The zero-order chi connectivity index (χ0) is 17.2. The topological polar surface area (TPSA) is 115 Å². The first-order valence-corrected chi connectivity index (χ1v) is 8.17. The second-order valence-electron chi connectivity index (χ2n) is 6.01. The van der Waals surface area contributed by atoms with Gasteiger partial charge in [0.2, 0.25) is 0 Å². The lowest BCUT2D eigenvalue weighted by molar-refractivity contribution is -0.676. The van der Waals surface area contributed by atoms with Crippen LogP contribution in [0, 0.1) is 33.5 Å². The summed E-state index contributed by atoms with van der Waals surface area (Å²) in [7, 11) is 1.55. The van der Waals surface area contributed by atoms with Crippen LogP contribution in [0.5, 0.6) is 5.75 Å². The highest BCUT2D eigenvalue weighted by molar-refractivity contribution is 9.10. The van der Waals surface area contributed by atoms with Crippen LogP contribution < -0.4 is 15.5 Å². The molecule has 3 N–H and O–H groups in total. The number of hydrogen-bond donors (Lipinski definition) is 2. The molecule has 1 spiro atoms. The maximum atomic E-state index is 10.0. The van der Waals surface area contributed by atoms with E-state index in [2.05, 4.69) is 33.1 Å². The van der Waals surface area contributed by atoms with Crippen molar-refractivity contribution in [1.29, 1.82) is 10.5 Å². The third kappa shape index (κ3) is 1.41. The Hall–Kier alpha value is -2.13. The average Bonchev–Trinajstić information content (AvgIpc) is 2.83. The first kappa shape index (κ1) is 15.4. The van der Waals surface area contributed by atoms with Crippen molar-refractivity contribution < 1.29 is 19.2 Å². The van der Waals surface area contributed by atoms with Gasteiger partial charge >= 0.3 is 5.91 Å². The summed E-state index contributed by atoms with van der Waals surface area (Å²) < 4.78 is 17.7. The number of halogens is 1. The van der Waals surface area contributed by atoms with Gasteiger partial charge in [-0.05, 0) is 18.2 Å². The number of nitrogens with two attached hydrogens (primary N) is 1. The SMILES string of the molecule is COc1ccc(Br)cc1[C@H]1[C@]2(C#N)C(N)=[NH+]C3(OCCO3)[C@]12C#N. The van der Waals surface area contributed by atoms with Crippen molar-refractivity contribution in [2.45, 2.75) is 11.8 Å². The zero-order valence-corrected chi connectivity index (χ0v) is 14.4. The van der Waals surface area contributed by atoms with Crippen molar-refractivity contribution in [3.05, 3.63) is 28.2 Å². The highest BCUT2D eigenvalue weighted by Crippen LogP contribution is 2.79. The molecule has 1 saturated heterocycles. The number of benzene rings is 1. The lowest BCUT2D eigenvalue weighted by Gasteiger charge is -2.23. The molecule has 4 rings (SSSR count). The molecular formula is C16H14BrN4O3+. The zero-order valence-electron chi connectivity index (χ0n) is 12.8. The van der Waals surface area contributed by atoms with Gasteiger partial charge in [-0.1, -0.05) is 15.9 Å². The van der Waals surface area contributed by atoms with E-state index in [-0.39, 0.29) is 5.84 Å². The van der Waals surface area contributed by atoms with Gasteiger partial charge in [0.15, 0.2) is 10.8 Å². The molecule has 2 heterocycles. The molecule has 0 unspecified atom stereocenters. The quantitative estimate of drug-likeness (QED) is 0.718. The molecule has 2 aliphatic heterocycles. The minimum absolute atomic E-state index is 0.195. The smallest absolute Gasteiger partial charge is 0.343 e. The lowest BCUT2D eigenvalue weighted by atomic mass is 9.94. The Labute approximate surface area is 146 Å². The van der Waals surface area contributed by atoms with E-state index in [1.54, 1.807) is 13.2 Å². The van der Waals surface area contributed by atoms with Crippen molar-refractivity contribution in [3.8, 4) is 17.9 Å². The summed E-state index contributed by atoms with van der Waals surface area (Å²) in [4.78, 5) is 2.92. The second-order valence-corrected chi connectivity index (χ2v) is 6.93. The fourth-order valence-corrected chi connectivity index (χ4v) is 4.59. The standard InChI is InChI=1S/C16H13BrN4O3/c1-22-11-3-2-9(17)6-10(11)12-14(7-18)13(20)21-16(15(12,14)8-19)23-4-5-24-16/h2-3,6,12H,4-5H2,1H3,(H2,20,21)/p+1/t12-,14+,15+/m0/s1. The van der Waals surface area contributed by atoms with Gasteiger partial charge in [0.05, 0.1) is 38.4 Å². The molecule has 3 atom stereocenters. The summed E-state index contributed by atoms with van der Waals surface area (Å²) in [5, 5.41) is 20.0. The third-order valence-electron chi connectivity index (χ3n) is 5.20. The highest BCUT2D eigenvalue weighted by atomic mass is 79.9. The Balaban J connectivity index is 1.97. The average molecular weight is 390 g/mol. The van der Waals surface area contributed by atoms with E-state index >= 15 is 0 Å². The number of amidine groups is 1. The Morgan fingerprint density at radius 2 is 2.04 bits per heavy atom. The molecule has 24 heavy (non-hydrogen) atoms. The van der Waals surface area contributed by atoms with Crippen LogP contribution in [-0.2, 0) is 9.47 Å². The summed E-state index contributed by atoms with van der Waals surface area (Å²) >= 11 is 3.43. The molecule has 1 saturated carbocycles. The molecule has 1 aromatic rings. The number of hydrogen-bond acceptors (Lipinski definition) is 6. The van der Waals surface area contributed by atoms with Gasteiger partial charge in [-0.25, -0.2) is 4.99 Å². The van der Waals surface area contributed by atoms with E-state index in [9.17, 15) is 10.5 Å². The predicted octanol–water partition coefficient (Wildman–Crippen LogP) is -0.273. The molecule has 122 valence electrons. The summed E-state index contributed by atoms with van der Waals surface area (Å²) in [5.74, 6) is -1.14. The Morgan fingerprint density at radius 1 is 1.33 bits per heavy atom. The predicted molar refractivity (Wildman–Crippen MR) is 84.3 cm³/mol. The molecule has 3 aliphatic rings. The number of nitriles is 2. The van der Waals surface area contributed by atoms with Crippen molar-refractivity contribution in [2.75, 3.05) is 20.3 Å². The molecule has 2 fully saturated rings. The van der Waals surface area contributed by atoms with Gasteiger partial charge in [-0.2, -0.15) is 10.5 Å². The molecular weight excluding hydrogens is 376 g/mol. The van der Waals surface area contributed by atoms with E-state index < -0.39 is 22.7 Å². The minimum Gasteiger partial charge on any atom is -0.496 e. The lowest BCUT2D eigenvalue weighted by Crippen LogP contribution is -2.89. The number of methoxy groups -OCH3 is 1. The van der Waals surface area contributed by atoms with Crippen LogP contribution in [-0.4, -0.2) is 32.1 Å². The molecule has 8 heteroatoms. The highest BCUT2D eigenvalue weighted by Gasteiger charge is 2.97. The molecule has 7 nitrogen and oxygen atoms in total. The summed E-state index contributed by atoms with van der Waals surface area (Å²) in [6.07, 6.45) is 0. The van der Waals surface area contributed by atoms with Crippen molar-refractivity contribution >= 4 is 21.8 Å². The molecule has 0 radical (unpaired) electrons. The van der Waals surface area contributed by atoms with Gasteiger partial charge in [0, 0.05) is 10.0 Å². The number of ether oxygens (including phenoxy) is 3. The van der Waals surface area contributed by atoms with E-state index in [0.29, 0.717) is 19.0 Å². The van der Waals surface area contributed by atoms with Crippen LogP contribution in [0.15, 0.2) is 22.7 Å². The maximum Gasteiger partial charge on any atom is 0.343 e. The van der Waals surface area contributed by atoms with Gasteiger partial charge in [0.1, 0.15) is 5.75 Å². The van der Waals surface area contributed by atoms with Crippen molar-refractivity contribution in [3.63, 3.8) is 0 Å². The van der Waals surface area contributed by atoms with Crippen LogP contribution in [0.3, 0.4) is 0 Å². The minimum atomic E-state index is -1.40. The van der Waals surface area contributed by atoms with Gasteiger partial charge in [-0.15, -0.1) is 0 Å². The first-order chi connectivity index (χ1) is 11.5. The fraction of sp³-hybridized carbons (Fsp3) is 0.438. The summed E-state index contributed by atoms with van der Waals surface area (Å²) in [6.45, 7) is 0.654. The molecule has 0 aromatic heterocycles. The number of rotatable bonds is 2. The van der Waals surface area contributed by atoms with Crippen LogP contribution >= 0.6 is 15.9 Å². The molecule has 1 aromatic carbocycles. The Morgan fingerprint density at radius 3 is 2.62 bits per heavy atom. The van der Waals surface area contributed by atoms with Crippen LogP contribution in [0.1, 0.15) is 11.5 Å². The van der Waals surface area contributed by atoms with E-state index in [4.69, 9.17) is 19.9 Å². The monoisotopic (exact) mass is 389 g/mol. The summed E-state index contributed by atoms with van der Waals surface area (Å²) in [5.41, 5.74) is 4.37. The normalized spacial score (nSPS) is 35.0. The largest absolute Gasteiger partial charge is 0.496 e. The maximum absolute atomic E-state index is 10.0. The molecule has 0 bridgehead atoms. The van der Waals surface area contributed by atoms with E-state index in [1.807, 2.05) is 12.1 Å².